The standard InChI is InChI=1S/C15H16N2O3S/c1-4-20-14(19)11-12(10-8-6-5-7-9(10)2)16-15(21-3)17-13(11)18/h5-8H,4H2,1-3H3,(H,16,17,18). The highest BCUT2D eigenvalue weighted by Crippen LogP contribution is 2.25. The summed E-state index contributed by atoms with van der Waals surface area (Å²) in [5.74, 6) is -0.655. The summed E-state index contributed by atoms with van der Waals surface area (Å²) in [6.07, 6.45) is 1.81. The fraction of sp³-hybridized carbons (Fsp3) is 0.267. The second-order valence-electron chi connectivity index (χ2n) is 4.33. The average Bonchev–Trinajstić information content (AvgIpc) is 2.47. The molecule has 0 unspecified atom stereocenters. The minimum absolute atomic E-state index is 0.0519. The minimum Gasteiger partial charge on any atom is -0.462 e. The first-order valence-corrected chi connectivity index (χ1v) is 7.72. The van der Waals surface area contributed by atoms with Crippen molar-refractivity contribution < 1.29 is 9.53 Å². The maximum absolute atomic E-state index is 12.2. The number of aromatic nitrogens is 2. The molecule has 0 spiro atoms. The molecule has 1 heterocycles. The van der Waals surface area contributed by atoms with Crippen LogP contribution in [0.1, 0.15) is 22.8 Å². The smallest absolute Gasteiger partial charge is 0.346 e. The van der Waals surface area contributed by atoms with Gasteiger partial charge in [-0.25, -0.2) is 9.78 Å². The Morgan fingerprint density at radius 2 is 2.10 bits per heavy atom. The van der Waals surface area contributed by atoms with Crippen molar-refractivity contribution in [2.24, 2.45) is 0 Å². The number of nitrogens with zero attached hydrogens (tertiary/aromatic N) is 1. The average molecular weight is 304 g/mol. The first-order valence-electron chi connectivity index (χ1n) is 6.50. The van der Waals surface area contributed by atoms with Crippen molar-refractivity contribution in [3.8, 4) is 11.3 Å². The first-order chi connectivity index (χ1) is 10.1. The molecule has 6 heteroatoms. The van der Waals surface area contributed by atoms with Crippen molar-refractivity contribution in [1.82, 2.24) is 9.97 Å². The predicted octanol–water partition coefficient (Wildman–Crippen LogP) is 2.64. The second-order valence-corrected chi connectivity index (χ2v) is 5.13. The van der Waals surface area contributed by atoms with E-state index >= 15 is 0 Å². The Morgan fingerprint density at radius 3 is 2.71 bits per heavy atom. The number of hydrogen-bond acceptors (Lipinski definition) is 5. The van der Waals surface area contributed by atoms with Crippen LogP contribution in [0.4, 0.5) is 0 Å². The number of nitrogens with one attached hydrogen (secondary N) is 1. The van der Waals surface area contributed by atoms with E-state index in [1.54, 1.807) is 6.92 Å². The first kappa shape index (κ1) is 15.3. The molecule has 1 N–H and O–H groups in total. The van der Waals surface area contributed by atoms with E-state index in [2.05, 4.69) is 9.97 Å². The van der Waals surface area contributed by atoms with E-state index in [1.165, 1.54) is 11.8 Å². The number of H-pyrrole nitrogens is 1. The lowest BCUT2D eigenvalue weighted by atomic mass is 10.0. The van der Waals surface area contributed by atoms with Gasteiger partial charge >= 0.3 is 5.97 Å². The molecule has 1 aromatic carbocycles. The molecule has 0 aliphatic carbocycles. The Balaban J connectivity index is 2.73. The zero-order valence-corrected chi connectivity index (χ0v) is 12.9. The summed E-state index contributed by atoms with van der Waals surface area (Å²) in [4.78, 5) is 31.3. The number of rotatable bonds is 4. The van der Waals surface area contributed by atoms with Crippen LogP contribution in [0.5, 0.6) is 0 Å². The largest absolute Gasteiger partial charge is 0.462 e. The van der Waals surface area contributed by atoms with Crippen LogP contribution in [0.15, 0.2) is 34.2 Å². The normalized spacial score (nSPS) is 10.4. The Bertz CT molecular complexity index is 725. The second kappa shape index (κ2) is 6.58. The van der Waals surface area contributed by atoms with Gasteiger partial charge in [-0.1, -0.05) is 36.0 Å². The molecule has 0 fully saturated rings. The topological polar surface area (TPSA) is 72.0 Å². The zero-order chi connectivity index (χ0) is 15.4. The Hall–Kier alpha value is -2.08. The van der Waals surface area contributed by atoms with E-state index in [-0.39, 0.29) is 12.2 Å². The number of hydrogen-bond donors (Lipinski definition) is 1. The highest BCUT2D eigenvalue weighted by Gasteiger charge is 2.22. The molecule has 0 aliphatic rings. The van der Waals surface area contributed by atoms with Crippen LogP contribution >= 0.6 is 11.8 Å². The molecule has 0 radical (unpaired) electrons. The number of aromatic amines is 1. The highest BCUT2D eigenvalue weighted by atomic mass is 32.2. The third-order valence-electron chi connectivity index (χ3n) is 2.97. The number of ether oxygens (including phenoxy) is 1. The van der Waals surface area contributed by atoms with E-state index in [0.717, 1.165) is 11.1 Å². The summed E-state index contributed by atoms with van der Waals surface area (Å²) in [5, 5.41) is 0.464. The van der Waals surface area contributed by atoms with Crippen LogP contribution in [0.2, 0.25) is 0 Å². The third-order valence-corrected chi connectivity index (χ3v) is 3.55. The van der Waals surface area contributed by atoms with Gasteiger partial charge in [0.15, 0.2) is 10.7 Å². The van der Waals surface area contributed by atoms with E-state index in [1.807, 2.05) is 37.4 Å². The molecule has 2 aromatic rings. The van der Waals surface area contributed by atoms with Crippen LogP contribution in [0.3, 0.4) is 0 Å². The van der Waals surface area contributed by atoms with Gasteiger partial charge in [0, 0.05) is 5.56 Å². The van der Waals surface area contributed by atoms with Gasteiger partial charge in [0.2, 0.25) is 0 Å². The van der Waals surface area contributed by atoms with Gasteiger partial charge in [-0.3, -0.25) is 4.79 Å². The van der Waals surface area contributed by atoms with Crippen molar-refractivity contribution in [1.29, 1.82) is 0 Å². The summed E-state index contributed by atoms with van der Waals surface area (Å²) in [6.45, 7) is 3.81. The van der Waals surface area contributed by atoms with Crippen LogP contribution < -0.4 is 5.56 Å². The third kappa shape index (κ3) is 3.16. The number of aryl methyl sites for hydroxylation is 1. The lowest BCUT2D eigenvalue weighted by Crippen LogP contribution is -2.23. The number of thioether (sulfide) groups is 1. The Morgan fingerprint density at radius 1 is 1.38 bits per heavy atom. The van der Waals surface area contributed by atoms with Gasteiger partial charge < -0.3 is 9.72 Å². The van der Waals surface area contributed by atoms with Crippen molar-refractivity contribution in [3.05, 3.63) is 45.7 Å². The molecule has 1 aromatic heterocycles. The SMILES string of the molecule is CCOC(=O)c1c(-c2ccccc2C)nc(SC)[nH]c1=O. The molecule has 0 aliphatic heterocycles. The zero-order valence-electron chi connectivity index (χ0n) is 12.1. The molecule has 21 heavy (non-hydrogen) atoms. The molecule has 0 amide bonds. The maximum atomic E-state index is 12.2. The molecule has 0 bridgehead atoms. The predicted molar refractivity (Wildman–Crippen MR) is 82.8 cm³/mol. The van der Waals surface area contributed by atoms with Gasteiger partial charge in [0.25, 0.3) is 5.56 Å². The van der Waals surface area contributed by atoms with Crippen molar-refractivity contribution in [2.45, 2.75) is 19.0 Å². The van der Waals surface area contributed by atoms with Crippen molar-refractivity contribution >= 4 is 17.7 Å². The van der Waals surface area contributed by atoms with Gasteiger partial charge in [-0.05, 0) is 25.7 Å². The lowest BCUT2D eigenvalue weighted by Gasteiger charge is -2.10. The van der Waals surface area contributed by atoms with Crippen molar-refractivity contribution in [3.63, 3.8) is 0 Å². The van der Waals surface area contributed by atoms with Gasteiger partial charge in [-0.2, -0.15) is 0 Å². The maximum Gasteiger partial charge on any atom is 0.346 e. The van der Waals surface area contributed by atoms with Crippen LogP contribution in [0.25, 0.3) is 11.3 Å². The Kier molecular flexibility index (Phi) is 4.80. The van der Waals surface area contributed by atoms with Crippen molar-refractivity contribution in [2.75, 3.05) is 12.9 Å². The quantitative estimate of drug-likeness (QED) is 0.534. The molecule has 110 valence electrons. The number of carbonyl (C=O) groups excluding carboxylic acids is 1. The molecule has 5 nitrogen and oxygen atoms in total. The fourth-order valence-electron chi connectivity index (χ4n) is 1.98. The van der Waals surface area contributed by atoms with Crippen LogP contribution in [-0.4, -0.2) is 28.8 Å². The summed E-state index contributed by atoms with van der Waals surface area (Å²) in [6, 6.07) is 7.49. The summed E-state index contributed by atoms with van der Waals surface area (Å²) < 4.78 is 4.98. The summed E-state index contributed by atoms with van der Waals surface area (Å²) in [5.41, 5.74) is 1.52. The molecule has 0 saturated carbocycles. The minimum atomic E-state index is -0.655. The summed E-state index contributed by atoms with van der Waals surface area (Å²) >= 11 is 1.31. The molecule has 0 saturated heterocycles. The van der Waals surface area contributed by atoms with Gasteiger partial charge in [0.05, 0.1) is 12.3 Å². The highest BCUT2D eigenvalue weighted by molar-refractivity contribution is 7.98. The lowest BCUT2D eigenvalue weighted by molar-refractivity contribution is 0.0524. The number of carbonyl (C=O) groups is 1. The molecular formula is C15H16N2O3S. The molecule has 2 rings (SSSR count). The monoisotopic (exact) mass is 304 g/mol. The number of benzene rings is 1. The van der Waals surface area contributed by atoms with E-state index in [9.17, 15) is 9.59 Å². The van der Waals surface area contributed by atoms with Crippen LogP contribution in [0, 0.1) is 6.92 Å². The van der Waals surface area contributed by atoms with E-state index in [4.69, 9.17) is 4.74 Å². The van der Waals surface area contributed by atoms with Gasteiger partial charge in [0.1, 0.15) is 0 Å². The van der Waals surface area contributed by atoms with Gasteiger partial charge in [-0.15, -0.1) is 0 Å². The molecule has 0 atom stereocenters. The van der Waals surface area contributed by atoms with E-state index in [0.29, 0.717) is 10.9 Å². The molecular weight excluding hydrogens is 288 g/mol. The number of esters is 1. The fourth-order valence-corrected chi connectivity index (χ4v) is 2.35. The Labute approximate surface area is 126 Å². The van der Waals surface area contributed by atoms with E-state index < -0.39 is 11.5 Å². The van der Waals surface area contributed by atoms with Crippen LogP contribution in [-0.2, 0) is 4.74 Å². The summed E-state index contributed by atoms with van der Waals surface area (Å²) in [7, 11) is 0.